The highest BCUT2D eigenvalue weighted by atomic mass is 32.1. The molecule has 0 aliphatic carbocycles. The lowest BCUT2D eigenvalue weighted by molar-refractivity contribution is -0.282. The number of hydrogen-bond acceptors (Lipinski definition) is 50. The highest BCUT2D eigenvalue weighted by Crippen LogP contribution is 2.49. The second-order valence-electron chi connectivity index (χ2n) is 32.4. The Morgan fingerprint density at radius 3 is 0.899 bits per heavy atom. The van der Waals surface area contributed by atoms with Crippen molar-refractivity contribution in [3.05, 3.63) is 230 Å². The molecule has 3 heterocycles. The van der Waals surface area contributed by atoms with Crippen molar-refractivity contribution in [2.45, 2.75) is 68.9 Å². The van der Waals surface area contributed by atoms with Gasteiger partial charge in [-0.05, 0) is 164 Å². The highest BCUT2D eigenvalue weighted by molar-refractivity contribution is 7.09. The van der Waals surface area contributed by atoms with Crippen molar-refractivity contribution >= 4 is 82.6 Å². The Hall–Kier alpha value is -19.8. The van der Waals surface area contributed by atoms with E-state index in [2.05, 4.69) is 22.4 Å². The number of carbonyl (C=O) groups excluding carboxylic acids is 11. The van der Waals surface area contributed by atoms with Crippen molar-refractivity contribution < 1.29 is 237 Å². The van der Waals surface area contributed by atoms with Crippen LogP contribution in [0.2, 0.25) is 0 Å². The monoisotopic (exact) mass is 2090 g/mol. The molecule has 0 bridgehead atoms. The molecule has 14 rings (SSSR count). The van der Waals surface area contributed by atoms with Crippen LogP contribution in [0.1, 0.15) is 135 Å². The summed E-state index contributed by atoms with van der Waals surface area (Å²) >= 11 is 1.83. The van der Waals surface area contributed by atoms with Crippen LogP contribution in [-0.2, 0) is 44.4 Å². The van der Waals surface area contributed by atoms with Gasteiger partial charge in [-0.3, -0.25) is 4.79 Å². The van der Waals surface area contributed by atoms with Gasteiger partial charge >= 0.3 is 59.7 Å². The summed E-state index contributed by atoms with van der Waals surface area (Å²) < 4.78 is 66.1. The minimum Gasteiger partial charge on any atom is -0.504 e. The van der Waals surface area contributed by atoms with Gasteiger partial charge in [0, 0.05) is 43.7 Å². The van der Waals surface area contributed by atoms with E-state index in [1.807, 2.05) is 53.5 Å². The van der Waals surface area contributed by atoms with Gasteiger partial charge in [0.05, 0.1) is 67.8 Å². The molecule has 0 saturated carbocycles. The number of benzene rings is 11. The highest BCUT2D eigenvalue weighted by Gasteiger charge is 2.56. The van der Waals surface area contributed by atoms with Crippen LogP contribution in [0.25, 0.3) is 0 Å². The topological polar surface area (TPSA) is 811 Å². The second-order valence-corrected chi connectivity index (χ2v) is 33.4. The van der Waals surface area contributed by atoms with E-state index >= 15 is 14.4 Å². The molecule has 0 radical (unpaired) electrons. The van der Waals surface area contributed by atoms with Crippen molar-refractivity contribution in [2.24, 2.45) is 0 Å². The van der Waals surface area contributed by atoms with E-state index in [1.54, 1.807) is 7.11 Å². The molecule has 1 amide bonds. The first-order valence-electron chi connectivity index (χ1n) is 43.0. The molecular weight excluding hydrogens is 2010 g/mol. The fourth-order valence-corrected chi connectivity index (χ4v) is 15.6. The Morgan fingerprint density at radius 2 is 0.611 bits per heavy atom. The number of ether oxygens (including phenoxy) is 12. The number of amides is 1. The zero-order valence-corrected chi connectivity index (χ0v) is 77.1. The molecule has 5 atom stereocenters. The molecule has 12 aromatic rings. The number of likely N-dealkylation sites (tertiary alicyclic amines) is 1. The zero-order valence-electron chi connectivity index (χ0n) is 76.3. The standard InChI is InChI=1S/C76H52O46.C22H30N2O2S/c77-32-1-22(2-33(78)53(32)92)67(103)113-47-16-27(11-42(87)58(47)97)66(102)112-21-52-63(119-72(108)28-12-43(88)59(98)48(17-28)114-68(104)23-3-34(79)54(93)35(80)4-23)64(120-73(109)29-13-44(89)60(99)49(18-29)115-69(105)24-5-36(81)55(94)37(82)6-24)65(121-74(110)30-14-45(90)61(100)50(19-30)116-70(106)25-7-38(83)56(95)39(84)8-25)76(118-52)122-75(111)31-15-46(91)62(101)51(20-31)117-71(107)26-9-40(85)57(96)41(86)10-26;1-3-21(25)24(19-8-5-4-6-9-19)22(18-26-2)12-15-23(16-13-22)14-11-20-10-7-17-27-20/h1-20,52,63-65,76-101H,21H2;4-10,17H,3,11-16,18H2,1-2H3/t52-,63-,64+,65-,76+;/m1./s1. The fraction of sp³-hybridized carbons (Fsp3) is 0.173. The van der Waals surface area contributed by atoms with Crippen molar-refractivity contribution in [1.82, 2.24) is 4.90 Å². The summed E-state index contributed by atoms with van der Waals surface area (Å²) in [5.74, 6) is -55.8. The summed E-state index contributed by atoms with van der Waals surface area (Å²) in [5.41, 5.74) is -9.17. The number of para-hydroxylation sites is 1. The van der Waals surface area contributed by atoms with Gasteiger partial charge in [0.2, 0.25) is 47.0 Å². The number of anilines is 1. The largest absolute Gasteiger partial charge is 0.504 e. The minimum absolute atomic E-state index is 0.172. The molecule has 0 unspecified atom stereocenters. The number of rotatable bonds is 29. The average Bonchev–Trinajstić information content (AvgIpc) is 1.70. The number of hydrogen-bond donors (Lipinski definition) is 25. The lowest BCUT2D eigenvalue weighted by atomic mass is 9.85. The molecule has 2 aliphatic heterocycles. The van der Waals surface area contributed by atoms with E-state index in [0.29, 0.717) is 134 Å². The molecule has 25 N–H and O–H groups in total. The van der Waals surface area contributed by atoms with Gasteiger partial charge in [-0.25, -0.2) is 47.9 Å². The fourth-order valence-electron chi connectivity index (χ4n) is 14.9. The van der Waals surface area contributed by atoms with Crippen molar-refractivity contribution in [1.29, 1.82) is 0 Å². The Kier molecular flexibility index (Phi) is 31.7. The quantitative estimate of drug-likeness (QED) is 0.00899. The summed E-state index contributed by atoms with van der Waals surface area (Å²) in [5, 5.41) is 263. The van der Waals surface area contributed by atoms with Gasteiger partial charge in [0.1, 0.15) is 12.7 Å². The van der Waals surface area contributed by atoms with Crippen LogP contribution in [0.15, 0.2) is 169 Å². The molecule has 50 nitrogen and oxygen atoms in total. The lowest BCUT2D eigenvalue weighted by Gasteiger charge is -2.48. The van der Waals surface area contributed by atoms with Gasteiger partial charge < -0.3 is 194 Å². The van der Waals surface area contributed by atoms with Gasteiger partial charge in [0.15, 0.2) is 156 Å². The van der Waals surface area contributed by atoms with Crippen LogP contribution in [0.5, 0.6) is 172 Å². The van der Waals surface area contributed by atoms with E-state index in [-0.39, 0.29) is 11.4 Å². The van der Waals surface area contributed by atoms with Crippen LogP contribution in [0.3, 0.4) is 0 Å². The summed E-state index contributed by atoms with van der Waals surface area (Å²) in [6.45, 7) is 3.88. The first kappa shape index (κ1) is 106. The summed E-state index contributed by atoms with van der Waals surface area (Å²) in [4.78, 5) is 161. The maximum absolute atomic E-state index is 15.3. The predicted octanol–water partition coefficient (Wildman–Crippen LogP) is 9.05. The van der Waals surface area contributed by atoms with Crippen LogP contribution in [0.4, 0.5) is 5.69 Å². The smallest absolute Gasteiger partial charge is 0.343 e. The molecule has 778 valence electrons. The zero-order chi connectivity index (χ0) is 108. The molecule has 2 aliphatic rings. The van der Waals surface area contributed by atoms with E-state index in [9.17, 15) is 166 Å². The number of esters is 10. The number of nitrogens with zero attached hydrogens (tertiary/aromatic N) is 2. The maximum Gasteiger partial charge on any atom is 0.343 e. The third-order valence-electron chi connectivity index (χ3n) is 22.4. The Balaban J connectivity index is 0.000000590. The van der Waals surface area contributed by atoms with E-state index in [4.69, 9.17) is 56.8 Å². The molecule has 2 saturated heterocycles. The van der Waals surface area contributed by atoms with Gasteiger partial charge in [-0.2, -0.15) is 0 Å². The molecule has 11 aromatic carbocycles. The molecule has 149 heavy (non-hydrogen) atoms. The van der Waals surface area contributed by atoms with Gasteiger partial charge in [-0.15, -0.1) is 11.3 Å². The first-order chi connectivity index (χ1) is 70.5. The number of aromatic hydroxyl groups is 25. The number of carbonyl (C=O) groups is 11. The third kappa shape index (κ3) is 23.7. The van der Waals surface area contributed by atoms with Crippen molar-refractivity contribution in [3.8, 4) is 172 Å². The summed E-state index contributed by atoms with van der Waals surface area (Å²) in [7, 11) is 1.74. The SMILES string of the molecule is CCC(=O)N(c1ccccc1)C1(COC)CCN(CCc2cccs2)CC1.O=C(OC[C@H]1O[C@@H](OC(=O)c2cc(O)c(O)c(OC(=O)c3cc(O)c(O)c(O)c3)c2)[C@H](OC(=O)c2cc(O)c(O)c(OC(=O)c3cc(O)c(O)c(O)c3)c2)[C@@H](OC(=O)c2cc(O)c(O)c(OC(=O)c3cc(O)c(O)c(O)c3)c2)[C@@H]1OC(=O)c1cc(O)c(O)c(OC(=O)c2cc(O)c(O)c(O)c2)c1)c1cc(O)c(O)c(OC(=O)c2cc(O)c(O)c(O)c2)c1. The number of phenols is 25. The lowest BCUT2D eigenvalue weighted by Crippen LogP contribution is -2.63. The average molecular weight is 2090 g/mol. The predicted molar refractivity (Wildman–Crippen MR) is 495 cm³/mol. The molecule has 51 heteroatoms. The maximum atomic E-state index is 15.3. The Labute approximate surface area is 836 Å². The molecular formula is C98H82N2O48S. The van der Waals surface area contributed by atoms with E-state index in [1.165, 1.54) is 4.88 Å². The Bertz CT molecular complexity index is 7190. The first-order valence-corrected chi connectivity index (χ1v) is 43.9. The van der Waals surface area contributed by atoms with Gasteiger partial charge in [-0.1, -0.05) is 31.2 Å². The minimum atomic E-state index is -3.12. The summed E-state index contributed by atoms with van der Waals surface area (Å²) in [6.07, 6.45) is -11.6. The third-order valence-corrected chi connectivity index (χ3v) is 23.3. The second kappa shape index (κ2) is 44.4. The van der Waals surface area contributed by atoms with Crippen LogP contribution in [0, 0.1) is 0 Å². The van der Waals surface area contributed by atoms with Crippen molar-refractivity contribution in [2.75, 3.05) is 44.9 Å². The van der Waals surface area contributed by atoms with Crippen LogP contribution in [-0.4, -0.2) is 274 Å². The number of methoxy groups -OCH3 is 1. The van der Waals surface area contributed by atoms with Crippen LogP contribution >= 0.6 is 11.3 Å². The number of thiophene rings is 1. The van der Waals surface area contributed by atoms with E-state index < -0.39 is 325 Å². The van der Waals surface area contributed by atoms with Gasteiger partial charge in [0.25, 0.3) is 0 Å². The Morgan fingerprint density at radius 1 is 0.336 bits per heavy atom. The molecule has 0 spiro atoms. The molecule has 2 fully saturated rings. The van der Waals surface area contributed by atoms with Crippen molar-refractivity contribution in [3.63, 3.8) is 0 Å². The molecule has 1 aromatic heterocycles. The number of phenolic OH excluding ortho intramolecular Hbond substituents is 25. The van der Waals surface area contributed by atoms with E-state index in [0.717, 1.165) is 44.6 Å². The van der Waals surface area contributed by atoms with Crippen LogP contribution < -0.4 is 28.6 Å². The summed E-state index contributed by atoms with van der Waals surface area (Å²) in [6, 6.07) is 23.0. The number of piperidine rings is 1. The normalized spacial score (nSPS) is 15.1.